The van der Waals surface area contributed by atoms with Gasteiger partial charge in [0.05, 0.1) is 0 Å². The van der Waals surface area contributed by atoms with Gasteiger partial charge in [0.2, 0.25) is 18.1 Å². The minimum absolute atomic E-state index is 0.0681. The molecule has 2 aliphatic heterocycles. The van der Waals surface area contributed by atoms with E-state index in [-0.39, 0.29) is 16.7 Å². The van der Waals surface area contributed by atoms with Crippen molar-refractivity contribution >= 4 is 69.7 Å². The number of amides is 2. The summed E-state index contributed by atoms with van der Waals surface area (Å²) >= 11 is 3.52. The Morgan fingerprint density at radius 2 is 2.09 bits per heavy atom. The Kier molecular flexibility index (Phi) is 8.27. The van der Waals surface area contributed by atoms with E-state index in [2.05, 4.69) is 19.8 Å². The number of carboxylic acids is 1. The van der Waals surface area contributed by atoms with Crippen LogP contribution < -0.4 is 11.1 Å². The first-order valence-corrected chi connectivity index (χ1v) is 13.1. The van der Waals surface area contributed by atoms with Crippen LogP contribution >= 0.6 is 35.1 Å². The quantitative estimate of drug-likeness (QED) is 0.171. The van der Waals surface area contributed by atoms with Gasteiger partial charge in [-0.1, -0.05) is 12.1 Å². The highest BCUT2D eigenvalue weighted by molar-refractivity contribution is 8.06. The molecule has 1 aromatic heterocycles. The van der Waals surface area contributed by atoms with Gasteiger partial charge in [0.15, 0.2) is 5.13 Å². The van der Waals surface area contributed by atoms with E-state index in [9.17, 15) is 24.3 Å². The summed E-state index contributed by atoms with van der Waals surface area (Å²) in [6.45, 7) is 6.37. The molecule has 0 aromatic carbocycles. The van der Waals surface area contributed by atoms with Crippen molar-refractivity contribution in [2.45, 2.75) is 44.7 Å². The number of aromatic nitrogens is 2. The first-order chi connectivity index (χ1) is 16.4. The molecule has 3 rings (SSSR count). The van der Waals surface area contributed by atoms with E-state index in [4.69, 9.17) is 15.3 Å². The number of nitrogen functional groups attached to an aromatic ring is 1. The lowest BCUT2D eigenvalue weighted by Gasteiger charge is -2.49. The molecule has 35 heavy (non-hydrogen) atoms. The van der Waals surface area contributed by atoms with Crippen molar-refractivity contribution < 1.29 is 33.9 Å². The molecule has 4 N–H and O–H groups in total. The number of aliphatic carboxylic acids is 1. The van der Waals surface area contributed by atoms with Crippen LogP contribution in [0.15, 0.2) is 15.8 Å². The zero-order valence-electron chi connectivity index (χ0n) is 19.3. The lowest BCUT2D eigenvalue weighted by Crippen LogP contribution is -2.71. The molecule has 0 saturated carbocycles. The van der Waals surface area contributed by atoms with Crippen molar-refractivity contribution in [1.29, 1.82) is 0 Å². The summed E-state index contributed by atoms with van der Waals surface area (Å²) in [5.41, 5.74) is 4.41. The summed E-state index contributed by atoms with van der Waals surface area (Å²) < 4.78 is 9.06. The highest BCUT2D eigenvalue weighted by atomic mass is 32.2. The van der Waals surface area contributed by atoms with Crippen molar-refractivity contribution in [3.63, 3.8) is 0 Å². The lowest BCUT2D eigenvalue weighted by atomic mass is 10.0. The van der Waals surface area contributed by atoms with Gasteiger partial charge in [-0.15, -0.1) is 23.5 Å². The molecule has 13 nitrogen and oxygen atoms in total. The van der Waals surface area contributed by atoms with Gasteiger partial charge in [-0.3, -0.25) is 14.5 Å². The number of carbonyl (C=O) groups is 4. The lowest BCUT2D eigenvalue weighted by molar-refractivity contribution is -0.160. The molecule has 2 aliphatic rings. The van der Waals surface area contributed by atoms with Crippen LogP contribution in [0.5, 0.6) is 0 Å². The van der Waals surface area contributed by atoms with E-state index in [1.165, 1.54) is 28.4 Å². The fourth-order valence-corrected chi connectivity index (χ4v) is 5.96. The van der Waals surface area contributed by atoms with E-state index >= 15 is 0 Å². The molecule has 0 spiro atoms. The average Bonchev–Trinajstić information content (AvgIpc) is 3.19. The Bertz CT molecular complexity index is 1100. The number of esters is 1. The van der Waals surface area contributed by atoms with E-state index in [1.54, 1.807) is 20.8 Å². The number of anilines is 1. The number of thioether (sulfide) groups is 2. The predicted molar refractivity (Wildman–Crippen MR) is 130 cm³/mol. The predicted octanol–water partition coefficient (Wildman–Crippen LogP) is 0.632. The SMILES string of the molecule is CCSC1=C(C(=O)O)N2C(=O)C(NC(=O)C(=NOCC(=O)OC(C)(C)C)c3nsc(N)n3)[C@@H]2SC1. The summed E-state index contributed by atoms with van der Waals surface area (Å²) in [5.74, 6) is -2.42. The third kappa shape index (κ3) is 6.24. The number of nitrogens with two attached hydrogens (primary N) is 1. The van der Waals surface area contributed by atoms with E-state index in [0.717, 1.165) is 11.5 Å². The van der Waals surface area contributed by atoms with Crippen molar-refractivity contribution in [1.82, 2.24) is 19.6 Å². The molecule has 190 valence electrons. The molecule has 1 unspecified atom stereocenters. The largest absolute Gasteiger partial charge is 0.477 e. The number of fused-ring (bicyclic) bond motifs is 1. The average molecular weight is 545 g/mol. The van der Waals surface area contributed by atoms with Gasteiger partial charge in [0.1, 0.15) is 22.7 Å². The number of ether oxygens (including phenoxy) is 1. The topological polar surface area (TPSA) is 186 Å². The fraction of sp³-hybridized carbons (Fsp3) is 0.526. The molecular weight excluding hydrogens is 520 g/mol. The van der Waals surface area contributed by atoms with Crippen molar-refractivity contribution in [3.05, 3.63) is 16.4 Å². The number of hydrogen-bond acceptors (Lipinski definition) is 13. The molecule has 1 fully saturated rings. The zero-order chi connectivity index (χ0) is 25.9. The second-order valence-corrected chi connectivity index (χ2v) is 11.4. The number of nitrogens with one attached hydrogen (secondary N) is 1. The molecule has 0 bridgehead atoms. The van der Waals surface area contributed by atoms with Crippen LogP contribution in [0.3, 0.4) is 0 Å². The van der Waals surface area contributed by atoms with Crippen LogP contribution in [0.4, 0.5) is 5.13 Å². The summed E-state index contributed by atoms with van der Waals surface area (Å²) in [7, 11) is 0. The third-order valence-electron chi connectivity index (χ3n) is 4.37. The van der Waals surface area contributed by atoms with Gasteiger partial charge in [-0.2, -0.15) is 9.36 Å². The van der Waals surface area contributed by atoms with E-state index < -0.39 is 53.1 Å². The van der Waals surface area contributed by atoms with Crippen molar-refractivity contribution in [2.24, 2.45) is 5.16 Å². The zero-order valence-corrected chi connectivity index (χ0v) is 21.7. The van der Waals surface area contributed by atoms with Crippen molar-refractivity contribution in [2.75, 3.05) is 23.8 Å². The van der Waals surface area contributed by atoms with Gasteiger partial charge in [-0.05, 0) is 26.5 Å². The Morgan fingerprint density at radius 1 is 1.37 bits per heavy atom. The smallest absolute Gasteiger partial charge is 0.353 e. The number of nitrogens with zero attached hydrogens (tertiary/aromatic N) is 4. The normalized spacial score (nSPS) is 20.2. The van der Waals surface area contributed by atoms with Crippen LogP contribution in [0.25, 0.3) is 0 Å². The maximum atomic E-state index is 13.0. The first-order valence-electron chi connectivity index (χ1n) is 10.3. The standard InChI is InChI=1S/C19H24N6O7S3/c1-5-33-8-7-34-16-11(15(28)25(16)12(8)17(29)30)21-14(27)10(13-22-18(20)35-24-13)23-31-6-9(26)32-19(2,3)4/h11,16H,5-7H2,1-4H3,(H,21,27)(H,29,30)(H2,20,22,24)/t11?,16-/m0/s1. The Labute approximate surface area is 213 Å². The molecule has 2 amide bonds. The number of carbonyl (C=O) groups excluding carboxylic acids is 3. The monoisotopic (exact) mass is 544 g/mol. The minimum atomic E-state index is -1.20. The molecule has 0 radical (unpaired) electrons. The van der Waals surface area contributed by atoms with Crippen LogP contribution in [0, 0.1) is 0 Å². The van der Waals surface area contributed by atoms with E-state index in [1.807, 2.05) is 6.92 Å². The maximum absolute atomic E-state index is 13.0. The van der Waals surface area contributed by atoms with Gasteiger partial charge in [0.25, 0.3) is 11.8 Å². The third-order valence-corrected chi connectivity index (χ3v) is 7.35. The Morgan fingerprint density at radius 3 is 2.66 bits per heavy atom. The van der Waals surface area contributed by atoms with Gasteiger partial charge in [-0.25, -0.2) is 9.59 Å². The summed E-state index contributed by atoms with van der Waals surface area (Å²) in [6, 6.07) is -0.998. The van der Waals surface area contributed by atoms with E-state index in [0.29, 0.717) is 16.4 Å². The van der Waals surface area contributed by atoms with Crippen LogP contribution in [0.1, 0.15) is 33.5 Å². The molecule has 16 heteroatoms. The second-order valence-electron chi connectivity index (χ2n) is 8.13. The number of β-lactam (4-membered cyclic amide) rings is 1. The minimum Gasteiger partial charge on any atom is -0.477 e. The molecule has 1 aromatic rings. The molecule has 2 atom stereocenters. The molecule has 3 heterocycles. The second kappa shape index (κ2) is 10.8. The number of carboxylic acid groups (broad SMARTS) is 1. The Balaban J connectivity index is 1.75. The van der Waals surface area contributed by atoms with Crippen LogP contribution in [-0.2, 0) is 28.8 Å². The molecular formula is C19H24N6O7S3. The summed E-state index contributed by atoms with van der Waals surface area (Å²) in [6.07, 6.45) is 0. The number of oxime groups is 1. The Hall–Kier alpha value is -2.85. The summed E-state index contributed by atoms with van der Waals surface area (Å²) in [4.78, 5) is 60.1. The fourth-order valence-electron chi connectivity index (χ4n) is 3.12. The highest BCUT2D eigenvalue weighted by Crippen LogP contribution is 2.43. The molecule has 0 aliphatic carbocycles. The van der Waals surface area contributed by atoms with Crippen LogP contribution in [-0.4, -0.2) is 84.0 Å². The number of hydrogen-bond donors (Lipinski definition) is 3. The van der Waals surface area contributed by atoms with Gasteiger partial charge in [0, 0.05) is 22.2 Å². The maximum Gasteiger partial charge on any atom is 0.353 e. The highest BCUT2D eigenvalue weighted by Gasteiger charge is 2.54. The van der Waals surface area contributed by atoms with Gasteiger partial charge < -0.3 is 25.7 Å². The van der Waals surface area contributed by atoms with Gasteiger partial charge >= 0.3 is 11.9 Å². The summed E-state index contributed by atoms with van der Waals surface area (Å²) in [5, 5.41) is 15.3. The first kappa shape index (κ1) is 26.7. The molecule has 1 saturated heterocycles. The van der Waals surface area contributed by atoms with Crippen molar-refractivity contribution in [3.8, 4) is 0 Å². The van der Waals surface area contributed by atoms with Crippen LogP contribution in [0.2, 0.25) is 0 Å². The number of rotatable bonds is 9.